The molecule has 0 radical (unpaired) electrons. The van der Waals surface area contributed by atoms with E-state index in [4.69, 9.17) is 17.3 Å². The molecule has 0 aliphatic heterocycles. The maximum atomic E-state index is 5.92. The van der Waals surface area contributed by atoms with E-state index in [9.17, 15) is 0 Å². The molecule has 1 aliphatic carbocycles. The molecule has 8 heavy (non-hydrogen) atoms. The predicted molar refractivity (Wildman–Crippen MR) is 36.0 cm³/mol. The van der Waals surface area contributed by atoms with Gasteiger partial charge < -0.3 is 5.73 Å². The third kappa shape index (κ3) is 0.884. The Kier molecular flexibility index (Phi) is 1.33. The highest BCUT2D eigenvalue weighted by atomic mass is 35.5. The standard InChI is InChI=1S/C6H10ClN/c1-5(4-8)6(7)2-3-6/h1-4,8H2. The second-order valence-electron chi connectivity index (χ2n) is 2.27. The van der Waals surface area contributed by atoms with Crippen molar-refractivity contribution in [2.24, 2.45) is 5.73 Å². The second-order valence-corrected chi connectivity index (χ2v) is 3.00. The summed E-state index contributed by atoms with van der Waals surface area (Å²) in [4.78, 5) is -0.0885. The van der Waals surface area contributed by atoms with Crippen molar-refractivity contribution in [1.29, 1.82) is 0 Å². The molecule has 0 bridgehead atoms. The van der Waals surface area contributed by atoms with Crippen LogP contribution in [0.25, 0.3) is 0 Å². The van der Waals surface area contributed by atoms with Crippen LogP contribution in [0, 0.1) is 0 Å². The monoisotopic (exact) mass is 131 g/mol. The minimum absolute atomic E-state index is 0.0885. The molecule has 1 aliphatic rings. The van der Waals surface area contributed by atoms with Crippen LogP contribution < -0.4 is 5.73 Å². The highest BCUT2D eigenvalue weighted by molar-refractivity contribution is 6.27. The summed E-state index contributed by atoms with van der Waals surface area (Å²) in [6.45, 7) is 4.28. The highest BCUT2D eigenvalue weighted by Crippen LogP contribution is 2.47. The Labute approximate surface area is 54.5 Å². The maximum absolute atomic E-state index is 5.92. The summed E-state index contributed by atoms with van der Waals surface area (Å²) in [5, 5.41) is 0. The van der Waals surface area contributed by atoms with Crippen molar-refractivity contribution in [3.05, 3.63) is 12.2 Å². The average Bonchev–Trinajstić information content (AvgIpc) is 2.47. The van der Waals surface area contributed by atoms with E-state index in [-0.39, 0.29) is 4.87 Å². The van der Waals surface area contributed by atoms with E-state index in [1.807, 2.05) is 0 Å². The van der Waals surface area contributed by atoms with Gasteiger partial charge in [-0.1, -0.05) is 6.58 Å². The number of hydrogen-bond donors (Lipinski definition) is 1. The zero-order valence-corrected chi connectivity index (χ0v) is 5.54. The van der Waals surface area contributed by atoms with Gasteiger partial charge in [-0.25, -0.2) is 0 Å². The molecule has 0 unspecified atom stereocenters. The van der Waals surface area contributed by atoms with Crippen LogP contribution in [0.2, 0.25) is 0 Å². The van der Waals surface area contributed by atoms with Crippen molar-refractivity contribution in [1.82, 2.24) is 0 Å². The predicted octanol–water partition coefficient (Wildman–Crippen LogP) is 1.27. The van der Waals surface area contributed by atoms with Crippen molar-refractivity contribution in [2.45, 2.75) is 17.7 Å². The Morgan fingerprint density at radius 3 is 2.38 bits per heavy atom. The zero-order chi connectivity index (χ0) is 6.20. The summed E-state index contributed by atoms with van der Waals surface area (Å²) in [6.07, 6.45) is 2.12. The van der Waals surface area contributed by atoms with Crippen LogP contribution in [-0.4, -0.2) is 11.4 Å². The van der Waals surface area contributed by atoms with E-state index in [1.165, 1.54) is 0 Å². The van der Waals surface area contributed by atoms with Crippen LogP contribution in [0.5, 0.6) is 0 Å². The van der Waals surface area contributed by atoms with Crippen molar-refractivity contribution in [3.63, 3.8) is 0 Å². The van der Waals surface area contributed by atoms with Crippen molar-refractivity contribution < 1.29 is 0 Å². The quantitative estimate of drug-likeness (QED) is 0.443. The summed E-state index contributed by atoms with van der Waals surface area (Å²) >= 11 is 5.92. The molecule has 46 valence electrons. The van der Waals surface area contributed by atoms with Gasteiger partial charge in [0.2, 0.25) is 0 Å². The molecule has 0 spiro atoms. The summed E-state index contributed by atoms with van der Waals surface area (Å²) in [7, 11) is 0. The number of alkyl halides is 1. The fourth-order valence-corrected chi connectivity index (χ4v) is 0.818. The lowest BCUT2D eigenvalue weighted by Gasteiger charge is -2.05. The van der Waals surface area contributed by atoms with Crippen LogP contribution in [0.4, 0.5) is 0 Å². The maximum Gasteiger partial charge on any atom is 0.0666 e. The Morgan fingerprint density at radius 2 is 2.25 bits per heavy atom. The number of rotatable bonds is 2. The number of halogens is 1. The molecule has 0 atom stereocenters. The zero-order valence-electron chi connectivity index (χ0n) is 4.78. The lowest BCUT2D eigenvalue weighted by molar-refractivity contribution is 0.981. The summed E-state index contributed by atoms with van der Waals surface area (Å²) < 4.78 is 0. The van der Waals surface area contributed by atoms with E-state index >= 15 is 0 Å². The van der Waals surface area contributed by atoms with E-state index in [0.29, 0.717) is 6.54 Å². The van der Waals surface area contributed by atoms with Gasteiger partial charge in [0.1, 0.15) is 0 Å². The molecule has 1 nitrogen and oxygen atoms in total. The summed E-state index contributed by atoms with van der Waals surface area (Å²) in [5.41, 5.74) is 6.30. The Hall–Kier alpha value is -0.0100. The molecule has 0 aromatic heterocycles. The minimum atomic E-state index is -0.0885. The fourth-order valence-electron chi connectivity index (χ4n) is 0.646. The molecule has 1 fully saturated rings. The van der Waals surface area contributed by atoms with Gasteiger partial charge in [-0.15, -0.1) is 11.6 Å². The third-order valence-electron chi connectivity index (χ3n) is 1.57. The van der Waals surface area contributed by atoms with Crippen LogP contribution in [0.3, 0.4) is 0 Å². The molecular formula is C6H10ClN. The molecule has 2 heteroatoms. The normalized spacial score (nSPS) is 22.8. The van der Waals surface area contributed by atoms with Crippen LogP contribution in [0.15, 0.2) is 12.2 Å². The van der Waals surface area contributed by atoms with Crippen LogP contribution >= 0.6 is 11.6 Å². The van der Waals surface area contributed by atoms with Gasteiger partial charge in [-0.3, -0.25) is 0 Å². The molecule has 0 aromatic carbocycles. The van der Waals surface area contributed by atoms with E-state index in [1.54, 1.807) is 0 Å². The third-order valence-corrected chi connectivity index (χ3v) is 2.21. The van der Waals surface area contributed by atoms with Gasteiger partial charge in [0, 0.05) is 6.54 Å². The molecule has 0 amide bonds. The van der Waals surface area contributed by atoms with Gasteiger partial charge >= 0.3 is 0 Å². The first kappa shape index (κ1) is 6.12. The van der Waals surface area contributed by atoms with Gasteiger partial charge in [0.15, 0.2) is 0 Å². The second kappa shape index (κ2) is 1.74. The van der Waals surface area contributed by atoms with Crippen molar-refractivity contribution in [3.8, 4) is 0 Å². The topological polar surface area (TPSA) is 26.0 Å². The largest absolute Gasteiger partial charge is 0.327 e. The lowest BCUT2D eigenvalue weighted by atomic mass is 10.2. The first-order chi connectivity index (χ1) is 3.69. The van der Waals surface area contributed by atoms with Gasteiger partial charge in [-0.2, -0.15) is 0 Å². The van der Waals surface area contributed by atoms with Gasteiger partial charge in [-0.05, 0) is 18.4 Å². The van der Waals surface area contributed by atoms with E-state index in [2.05, 4.69) is 6.58 Å². The smallest absolute Gasteiger partial charge is 0.0666 e. The van der Waals surface area contributed by atoms with Gasteiger partial charge in [0.05, 0.1) is 4.87 Å². The fraction of sp³-hybridized carbons (Fsp3) is 0.667. The Balaban J connectivity index is 2.46. The summed E-state index contributed by atoms with van der Waals surface area (Å²) in [6, 6.07) is 0. The van der Waals surface area contributed by atoms with E-state index in [0.717, 1.165) is 18.4 Å². The van der Waals surface area contributed by atoms with E-state index < -0.39 is 0 Å². The Bertz CT molecular complexity index is 116. The number of hydrogen-bond acceptors (Lipinski definition) is 1. The van der Waals surface area contributed by atoms with Gasteiger partial charge in [0.25, 0.3) is 0 Å². The SMILES string of the molecule is C=C(CN)C1(Cl)CC1. The van der Waals surface area contributed by atoms with Crippen molar-refractivity contribution >= 4 is 11.6 Å². The minimum Gasteiger partial charge on any atom is -0.327 e. The highest BCUT2D eigenvalue weighted by Gasteiger charge is 2.42. The average molecular weight is 132 g/mol. The first-order valence-corrected chi connectivity index (χ1v) is 3.14. The molecule has 0 aromatic rings. The van der Waals surface area contributed by atoms with Crippen LogP contribution in [-0.2, 0) is 0 Å². The summed E-state index contributed by atoms with van der Waals surface area (Å²) in [5.74, 6) is 0. The lowest BCUT2D eigenvalue weighted by Crippen LogP contribution is -2.12. The molecule has 1 rings (SSSR count). The first-order valence-electron chi connectivity index (χ1n) is 2.76. The molecule has 0 saturated heterocycles. The number of nitrogens with two attached hydrogens (primary N) is 1. The van der Waals surface area contributed by atoms with Crippen LogP contribution in [0.1, 0.15) is 12.8 Å². The molecular weight excluding hydrogens is 122 g/mol. The van der Waals surface area contributed by atoms with Crippen molar-refractivity contribution in [2.75, 3.05) is 6.54 Å². The Morgan fingerprint density at radius 1 is 1.75 bits per heavy atom. The molecule has 0 heterocycles. The molecule has 2 N–H and O–H groups in total. The molecule has 1 saturated carbocycles.